The first-order valence-corrected chi connectivity index (χ1v) is 6.87. The second kappa shape index (κ2) is 16.1. The Morgan fingerprint density at radius 3 is 1.50 bits per heavy atom. The first-order valence-electron chi connectivity index (χ1n) is 3.95. The molecule has 0 radical (unpaired) electrons. The van der Waals surface area contributed by atoms with Crippen LogP contribution < -0.4 is 149 Å². The van der Waals surface area contributed by atoms with Gasteiger partial charge in [-0.2, -0.15) is 0 Å². The van der Waals surface area contributed by atoms with Crippen LogP contribution in [0.4, 0.5) is 0 Å². The molecule has 1 heterocycles. The van der Waals surface area contributed by atoms with Crippen LogP contribution in [0.25, 0.3) is 0 Å². The molecule has 0 saturated heterocycles. The SMILES string of the molecule is Cc1c[nH]c(=O)[nH]c1=O.O=P([O-])([O-])OP(=O)([O-])[O-].[Na+].[Na+].[Na+].[Na+]. The van der Waals surface area contributed by atoms with Crippen LogP contribution in [0, 0.1) is 6.92 Å². The van der Waals surface area contributed by atoms with Gasteiger partial charge in [0.2, 0.25) is 0 Å². The molecule has 0 amide bonds. The van der Waals surface area contributed by atoms with Crippen molar-refractivity contribution in [3.05, 3.63) is 32.6 Å². The van der Waals surface area contributed by atoms with Crippen LogP contribution in [-0.2, 0) is 13.4 Å². The monoisotopic (exact) mass is 392 g/mol. The molecule has 0 aromatic carbocycles. The van der Waals surface area contributed by atoms with Crippen LogP contribution in [0.3, 0.4) is 0 Å². The molecule has 0 aliphatic heterocycles. The van der Waals surface area contributed by atoms with Crippen molar-refractivity contribution in [3.63, 3.8) is 0 Å². The van der Waals surface area contributed by atoms with Gasteiger partial charge in [0.05, 0.1) is 15.6 Å². The van der Waals surface area contributed by atoms with E-state index in [2.05, 4.69) is 14.3 Å². The van der Waals surface area contributed by atoms with Crippen LogP contribution in [0.15, 0.2) is 15.8 Å². The molecule has 1 rings (SSSR count). The molecule has 17 heteroatoms. The largest absolute Gasteiger partial charge is 1.00 e. The van der Waals surface area contributed by atoms with Crippen LogP contribution in [0.2, 0.25) is 0 Å². The maximum Gasteiger partial charge on any atom is 1.00 e. The van der Waals surface area contributed by atoms with Gasteiger partial charge in [-0.05, 0) is 6.92 Å². The Morgan fingerprint density at radius 1 is 0.955 bits per heavy atom. The van der Waals surface area contributed by atoms with Gasteiger partial charge in [0, 0.05) is 11.8 Å². The van der Waals surface area contributed by atoms with E-state index in [4.69, 9.17) is 0 Å². The minimum atomic E-state index is -5.68. The Bertz CT molecular complexity index is 587. The third-order valence-electron chi connectivity index (χ3n) is 1.20. The predicted molar refractivity (Wildman–Crippen MR) is 48.7 cm³/mol. The topological polar surface area (TPSA) is 201 Å². The van der Waals surface area contributed by atoms with Gasteiger partial charge < -0.3 is 38.0 Å². The van der Waals surface area contributed by atoms with Crippen molar-refractivity contribution in [1.29, 1.82) is 0 Å². The van der Waals surface area contributed by atoms with E-state index >= 15 is 0 Å². The van der Waals surface area contributed by atoms with Crippen molar-refractivity contribution in [2.45, 2.75) is 6.92 Å². The van der Waals surface area contributed by atoms with E-state index in [0.717, 1.165) is 0 Å². The van der Waals surface area contributed by atoms with Gasteiger partial charge in [-0.15, -0.1) is 0 Å². The first-order chi connectivity index (χ1) is 7.91. The molecular formula is C5H6N2Na4O9P2. The number of hydrogen-bond donors (Lipinski definition) is 2. The fourth-order valence-corrected chi connectivity index (χ4v) is 1.58. The number of aromatic amines is 2. The zero-order valence-corrected chi connectivity index (χ0v) is 22.4. The smallest absolute Gasteiger partial charge is 0.790 e. The van der Waals surface area contributed by atoms with E-state index in [0.29, 0.717) is 5.56 Å². The number of nitrogens with one attached hydrogen (secondary N) is 2. The molecule has 0 aliphatic rings. The van der Waals surface area contributed by atoms with Crippen molar-refractivity contribution < 1.29 is 151 Å². The van der Waals surface area contributed by atoms with E-state index in [1.54, 1.807) is 6.92 Å². The summed E-state index contributed by atoms with van der Waals surface area (Å²) in [4.78, 5) is 62.6. The minimum absolute atomic E-state index is 0. The summed E-state index contributed by atoms with van der Waals surface area (Å²) >= 11 is 0. The predicted octanol–water partition coefficient (Wildman–Crippen LogP) is -16.0. The maximum absolute atomic E-state index is 10.6. The van der Waals surface area contributed by atoms with E-state index in [1.807, 2.05) is 0 Å². The summed E-state index contributed by atoms with van der Waals surface area (Å²) in [5.41, 5.74) is -0.293. The summed E-state index contributed by atoms with van der Waals surface area (Å²) in [6.07, 6.45) is 1.38. The molecule has 0 aliphatic carbocycles. The average Bonchev–Trinajstić information content (AvgIpc) is 2.06. The van der Waals surface area contributed by atoms with Crippen molar-refractivity contribution in [3.8, 4) is 0 Å². The number of H-pyrrole nitrogens is 2. The molecule has 22 heavy (non-hydrogen) atoms. The molecule has 0 saturated carbocycles. The number of rotatable bonds is 2. The number of aromatic nitrogens is 2. The Hall–Kier alpha value is 2.94. The van der Waals surface area contributed by atoms with E-state index in [-0.39, 0.29) is 124 Å². The van der Waals surface area contributed by atoms with Gasteiger partial charge in [-0.1, -0.05) is 0 Å². The molecule has 0 bridgehead atoms. The molecule has 0 fully saturated rings. The number of hydrogen-bond acceptors (Lipinski definition) is 9. The van der Waals surface area contributed by atoms with Gasteiger partial charge in [-0.3, -0.25) is 9.78 Å². The van der Waals surface area contributed by atoms with Crippen molar-refractivity contribution in [1.82, 2.24) is 9.97 Å². The molecule has 0 unspecified atom stereocenters. The van der Waals surface area contributed by atoms with E-state index < -0.39 is 21.3 Å². The Morgan fingerprint density at radius 2 is 1.32 bits per heavy atom. The number of aryl methyl sites for hydroxylation is 1. The third kappa shape index (κ3) is 22.9. The van der Waals surface area contributed by atoms with Crippen molar-refractivity contribution in [2.75, 3.05) is 0 Å². The molecule has 0 atom stereocenters. The third-order valence-corrected chi connectivity index (χ3v) is 2.80. The van der Waals surface area contributed by atoms with E-state index in [1.165, 1.54) is 6.20 Å². The molecule has 0 spiro atoms. The second-order valence-corrected chi connectivity index (χ2v) is 5.17. The van der Waals surface area contributed by atoms with Crippen LogP contribution >= 0.6 is 15.6 Å². The van der Waals surface area contributed by atoms with Gasteiger partial charge in [-0.25, -0.2) is 4.79 Å². The summed E-state index contributed by atoms with van der Waals surface area (Å²) in [5, 5.41) is 0. The molecule has 2 N–H and O–H groups in total. The molecule has 1 aromatic rings. The summed E-state index contributed by atoms with van der Waals surface area (Å²) < 4.78 is 21.2. The zero-order valence-electron chi connectivity index (χ0n) is 12.6. The van der Waals surface area contributed by atoms with Crippen molar-refractivity contribution in [2.24, 2.45) is 0 Å². The Balaban J connectivity index is -0.0000000741. The maximum atomic E-state index is 10.6. The molecular weight excluding hydrogens is 386 g/mol. The summed E-state index contributed by atoms with van der Waals surface area (Å²) in [5.74, 6) is 0. The van der Waals surface area contributed by atoms with Crippen LogP contribution in [-0.4, -0.2) is 9.97 Å². The molecule has 11 nitrogen and oxygen atoms in total. The summed E-state index contributed by atoms with van der Waals surface area (Å²) in [6, 6.07) is 0. The zero-order chi connectivity index (χ0) is 14.6. The Labute approximate surface area is 213 Å². The minimum Gasteiger partial charge on any atom is -0.790 e. The van der Waals surface area contributed by atoms with Gasteiger partial charge in [0.15, 0.2) is 0 Å². The first kappa shape index (κ1) is 35.9. The second-order valence-electron chi connectivity index (χ2n) is 2.73. The summed E-state index contributed by atoms with van der Waals surface area (Å²) in [7, 11) is -11.4. The summed E-state index contributed by atoms with van der Waals surface area (Å²) in [6.45, 7) is 1.62. The fraction of sp³-hybridized carbons (Fsp3) is 0.200. The number of phosphoric acid groups is 2. The van der Waals surface area contributed by atoms with Gasteiger partial charge in [0.1, 0.15) is 0 Å². The normalized spacial score (nSPS) is 9.50. The van der Waals surface area contributed by atoms with Crippen LogP contribution in [0.1, 0.15) is 5.56 Å². The van der Waals surface area contributed by atoms with Gasteiger partial charge >= 0.3 is 124 Å². The van der Waals surface area contributed by atoms with Crippen molar-refractivity contribution >= 4 is 15.6 Å². The quantitative estimate of drug-likeness (QED) is 0.362. The molecule has 104 valence electrons. The Kier molecular flexibility index (Phi) is 26.4. The average molecular weight is 392 g/mol. The van der Waals surface area contributed by atoms with E-state index in [9.17, 15) is 38.3 Å². The molecule has 1 aromatic heterocycles. The van der Waals surface area contributed by atoms with Gasteiger partial charge in [0.25, 0.3) is 5.56 Å². The standard InChI is InChI=1S/C5H6N2O2.4Na.H4O7P2/c1-3-2-6-5(9)7-4(3)8;;;;;1-8(2,3)7-9(4,5)6/h2H,1H3,(H2,6,7,8,9);;;;;(H2,1,2,3)(H2,4,5,6)/q;4*+1;/p-4. The fourth-order valence-electron chi connectivity index (χ4n) is 0.600. The van der Waals surface area contributed by atoms with Crippen LogP contribution in [0.5, 0.6) is 0 Å².